The molecule has 0 fully saturated rings. The van der Waals surface area contributed by atoms with Gasteiger partial charge >= 0.3 is 0 Å². The molecule has 1 rings (SSSR count). The van der Waals surface area contributed by atoms with Gasteiger partial charge in [0.25, 0.3) is 0 Å². The molecule has 1 atom stereocenters. The van der Waals surface area contributed by atoms with Crippen LogP contribution in [0.5, 0.6) is 0 Å². The minimum absolute atomic E-state index is 0.270. The van der Waals surface area contributed by atoms with Crippen LogP contribution in [0.1, 0.15) is 25.8 Å². The van der Waals surface area contributed by atoms with Crippen LogP contribution in [0, 0.1) is 0 Å². The standard InChI is InChI=1S/C14H25N3O2S/c1-4-12(2)17(3)9-8-16-20(18,19)14-7-5-6-13(10-14)11-15/h5-7,10,12,16H,4,8-9,11,15H2,1-3H3. The Labute approximate surface area is 122 Å². The van der Waals surface area contributed by atoms with E-state index in [1.807, 2.05) is 13.1 Å². The number of hydrogen-bond acceptors (Lipinski definition) is 4. The second kappa shape index (κ2) is 7.73. The van der Waals surface area contributed by atoms with Gasteiger partial charge in [-0.25, -0.2) is 13.1 Å². The maximum Gasteiger partial charge on any atom is 0.240 e. The molecule has 0 heterocycles. The number of nitrogens with two attached hydrogens (primary N) is 1. The molecule has 0 radical (unpaired) electrons. The van der Waals surface area contributed by atoms with E-state index in [4.69, 9.17) is 5.73 Å². The Hall–Kier alpha value is -0.950. The van der Waals surface area contributed by atoms with E-state index in [1.54, 1.807) is 18.2 Å². The van der Waals surface area contributed by atoms with Crippen molar-refractivity contribution in [3.63, 3.8) is 0 Å². The van der Waals surface area contributed by atoms with Gasteiger partial charge in [0.2, 0.25) is 10.0 Å². The van der Waals surface area contributed by atoms with Gasteiger partial charge in [-0.15, -0.1) is 0 Å². The van der Waals surface area contributed by atoms with Gasteiger partial charge < -0.3 is 10.6 Å². The highest BCUT2D eigenvalue weighted by atomic mass is 32.2. The minimum Gasteiger partial charge on any atom is -0.326 e. The van der Waals surface area contributed by atoms with Crippen molar-refractivity contribution in [3.05, 3.63) is 29.8 Å². The van der Waals surface area contributed by atoms with Gasteiger partial charge in [-0.1, -0.05) is 19.1 Å². The third-order valence-corrected chi connectivity index (χ3v) is 5.00. The third kappa shape index (κ3) is 4.86. The van der Waals surface area contributed by atoms with Crippen LogP contribution in [0.3, 0.4) is 0 Å². The van der Waals surface area contributed by atoms with Crippen molar-refractivity contribution < 1.29 is 8.42 Å². The predicted molar refractivity (Wildman–Crippen MR) is 81.9 cm³/mol. The van der Waals surface area contributed by atoms with Crippen LogP contribution in [0.4, 0.5) is 0 Å². The van der Waals surface area contributed by atoms with E-state index in [0.29, 0.717) is 25.7 Å². The summed E-state index contributed by atoms with van der Waals surface area (Å²) in [5.74, 6) is 0. The minimum atomic E-state index is -3.45. The summed E-state index contributed by atoms with van der Waals surface area (Å²) in [7, 11) is -1.46. The zero-order valence-corrected chi connectivity index (χ0v) is 13.3. The lowest BCUT2D eigenvalue weighted by Crippen LogP contribution is -2.37. The fourth-order valence-corrected chi connectivity index (χ4v) is 2.90. The van der Waals surface area contributed by atoms with Crippen LogP contribution >= 0.6 is 0 Å². The van der Waals surface area contributed by atoms with Gasteiger partial charge in [0.05, 0.1) is 4.90 Å². The van der Waals surface area contributed by atoms with E-state index >= 15 is 0 Å². The second-order valence-electron chi connectivity index (χ2n) is 4.99. The Morgan fingerprint density at radius 3 is 2.70 bits per heavy atom. The molecule has 6 heteroatoms. The summed E-state index contributed by atoms with van der Waals surface area (Å²) >= 11 is 0. The number of nitrogens with zero attached hydrogens (tertiary/aromatic N) is 1. The van der Waals surface area contributed by atoms with Crippen LogP contribution < -0.4 is 10.5 Å². The lowest BCUT2D eigenvalue weighted by atomic mass is 10.2. The molecule has 1 aromatic rings. The Morgan fingerprint density at radius 2 is 2.10 bits per heavy atom. The number of nitrogens with one attached hydrogen (secondary N) is 1. The van der Waals surface area contributed by atoms with Crippen molar-refractivity contribution in [2.75, 3.05) is 20.1 Å². The Balaban J connectivity index is 2.61. The predicted octanol–water partition coefficient (Wildman–Crippen LogP) is 1.15. The third-order valence-electron chi connectivity index (χ3n) is 3.54. The first-order valence-corrected chi connectivity index (χ1v) is 8.38. The second-order valence-corrected chi connectivity index (χ2v) is 6.75. The molecule has 114 valence electrons. The molecule has 1 unspecified atom stereocenters. The van der Waals surface area contributed by atoms with Gasteiger partial charge in [0.15, 0.2) is 0 Å². The molecule has 0 saturated heterocycles. The summed E-state index contributed by atoms with van der Waals surface area (Å²) in [5, 5.41) is 0. The molecule has 5 nitrogen and oxygen atoms in total. The van der Waals surface area contributed by atoms with Gasteiger partial charge in [-0.05, 0) is 38.1 Å². The molecule has 1 aromatic carbocycles. The summed E-state index contributed by atoms with van der Waals surface area (Å²) in [4.78, 5) is 2.41. The fourth-order valence-electron chi connectivity index (χ4n) is 1.81. The molecule has 0 amide bonds. The first-order chi connectivity index (χ1) is 9.40. The molecule has 0 spiro atoms. The van der Waals surface area contributed by atoms with Crippen molar-refractivity contribution in [2.24, 2.45) is 5.73 Å². The van der Waals surface area contributed by atoms with E-state index in [9.17, 15) is 8.42 Å². The highest BCUT2D eigenvalue weighted by Crippen LogP contribution is 2.11. The van der Waals surface area contributed by atoms with Crippen molar-refractivity contribution in [2.45, 2.75) is 37.8 Å². The average molecular weight is 299 g/mol. The summed E-state index contributed by atoms with van der Waals surface area (Å²) in [6.07, 6.45) is 1.04. The zero-order valence-electron chi connectivity index (χ0n) is 12.5. The maximum atomic E-state index is 12.2. The van der Waals surface area contributed by atoms with Gasteiger partial charge in [-0.3, -0.25) is 0 Å². The molecule has 0 aliphatic carbocycles. The van der Waals surface area contributed by atoms with Crippen molar-refractivity contribution in [1.29, 1.82) is 0 Å². The van der Waals surface area contributed by atoms with E-state index in [-0.39, 0.29) is 4.90 Å². The SMILES string of the molecule is CCC(C)N(C)CCNS(=O)(=O)c1cccc(CN)c1. The van der Waals surface area contributed by atoms with E-state index < -0.39 is 10.0 Å². The summed E-state index contributed by atoms with van der Waals surface area (Å²) in [5.41, 5.74) is 6.34. The Bertz CT molecular complexity index is 517. The highest BCUT2D eigenvalue weighted by Gasteiger charge is 2.14. The lowest BCUT2D eigenvalue weighted by Gasteiger charge is -2.23. The monoisotopic (exact) mass is 299 g/mol. The maximum absolute atomic E-state index is 12.2. The van der Waals surface area contributed by atoms with Gasteiger partial charge in [-0.2, -0.15) is 0 Å². The van der Waals surface area contributed by atoms with Gasteiger partial charge in [0.1, 0.15) is 0 Å². The zero-order chi connectivity index (χ0) is 15.2. The molecule has 3 N–H and O–H groups in total. The quantitative estimate of drug-likeness (QED) is 0.755. The van der Waals surface area contributed by atoms with Gasteiger partial charge in [0, 0.05) is 25.7 Å². The molecular formula is C14H25N3O2S. The lowest BCUT2D eigenvalue weighted by molar-refractivity contribution is 0.256. The molecule has 20 heavy (non-hydrogen) atoms. The molecule has 0 bridgehead atoms. The van der Waals surface area contributed by atoms with Crippen LogP contribution in [0.2, 0.25) is 0 Å². The Kier molecular flexibility index (Phi) is 6.61. The van der Waals surface area contributed by atoms with Crippen molar-refractivity contribution in [3.8, 4) is 0 Å². The molecule has 0 aliphatic heterocycles. The fraction of sp³-hybridized carbons (Fsp3) is 0.571. The van der Waals surface area contributed by atoms with Crippen molar-refractivity contribution in [1.82, 2.24) is 9.62 Å². The number of benzene rings is 1. The number of likely N-dealkylation sites (N-methyl/N-ethyl adjacent to an activating group) is 1. The highest BCUT2D eigenvalue weighted by molar-refractivity contribution is 7.89. The molecule has 0 aliphatic rings. The topological polar surface area (TPSA) is 75.4 Å². The van der Waals surface area contributed by atoms with E-state index in [0.717, 1.165) is 12.0 Å². The normalized spacial score (nSPS) is 13.7. The molecule has 0 aromatic heterocycles. The van der Waals surface area contributed by atoms with E-state index in [1.165, 1.54) is 0 Å². The summed E-state index contributed by atoms with van der Waals surface area (Å²) in [6.45, 7) is 5.66. The van der Waals surface area contributed by atoms with Crippen LogP contribution in [-0.4, -0.2) is 39.5 Å². The van der Waals surface area contributed by atoms with E-state index in [2.05, 4.69) is 23.5 Å². The summed E-state index contributed by atoms with van der Waals surface area (Å²) in [6, 6.07) is 7.17. The number of rotatable bonds is 8. The van der Waals surface area contributed by atoms with Crippen LogP contribution in [0.15, 0.2) is 29.2 Å². The largest absolute Gasteiger partial charge is 0.326 e. The number of sulfonamides is 1. The van der Waals surface area contributed by atoms with Crippen molar-refractivity contribution >= 4 is 10.0 Å². The van der Waals surface area contributed by atoms with Crippen LogP contribution in [-0.2, 0) is 16.6 Å². The molecular weight excluding hydrogens is 274 g/mol. The van der Waals surface area contributed by atoms with Crippen LogP contribution in [0.25, 0.3) is 0 Å². The first kappa shape index (κ1) is 17.1. The number of hydrogen-bond donors (Lipinski definition) is 2. The Morgan fingerprint density at radius 1 is 1.40 bits per heavy atom. The summed E-state index contributed by atoms with van der Waals surface area (Å²) < 4.78 is 26.9. The molecule has 0 saturated carbocycles. The first-order valence-electron chi connectivity index (χ1n) is 6.89. The average Bonchev–Trinajstić information content (AvgIpc) is 2.46. The smallest absolute Gasteiger partial charge is 0.240 e.